The lowest BCUT2D eigenvalue weighted by molar-refractivity contribution is -0.116. The summed E-state index contributed by atoms with van der Waals surface area (Å²) in [5.41, 5.74) is 2.96. The fraction of sp³-hybridized carbons (Fsp3) is 0.200. The van der Waals surface area contributed by atoms with E-state index in [1.54, 1.807) is 29.9 Å². The number of anilines is 1. The molecule has 0 aliphatic carbocycles. The molecule has 28 heavy (non-hydrogen) atoms. The van der Waals surface area contributed by atoms with Crippen LogP contribution in [-0.4, -0.2) is 31.2 Å². The number of rotatable bonds is 7. The van der Waals surface area contributed by atoms with Crippen LogP contribution in [0.3, 0.4) is 0 Å². The molecule has 1 amide bonds. The first-order valence-electron chi connectivity index (χ1n) is 8.82. The van der Waals surface area contributed by atoms with Crippen molar-refractivity contribution in [3.63, 3.8) is 0 Å². The van der Waals surface area contributed by atoms with Crippen molar-refractivity contribution in [1.29, 1.82) is 0 Å². The molecule has 0 aliphatic heterocycles. The van der Waals surface area contributed by atoms with Crippen LogP contribution in [0.1, 0.15) is 17.5 Å². The quantitative estimate of drug-likeness (QED) is 0.640. The second kappa shape index (κ2) is 8.37. The summed E-state index contributed by atoms with van der Waals surface area (Å²) in [4.78, 5) is 12.4. The molecule has 1 heterocycles. The molecule has 0 fully saturated rings. The van der Waals surface area contributed by atoms with Crippen LogP contribution in [0, 0.1) is 6.92 Å². The predicted octanol–water partition coefficient (Wildman–Crippen LogP) is 2.66. The number of sulfonamides is 1. The number of aryl methyl sites for hydroxylation is 2. The molecule has 0 spiro atoms. The highest BCUT2D eigenvalue weighted by Gasteiger charge is 2.16. The van der Waals surface area contributed by atoms with E-state index in [2.05, 4.69) is 15.1 Å². The van der Waals surface area contributed by atoms with Crippen molar-refractivity contribution >= 4 is 21.6 Å². The average Bonchev–Trinajstić information content (AvgIpc) is 3.17. The van der Waals surface area contributed by atoms with Crippen LogP contribution in [0.4, 0.5) is 5.69 Å². The average molecular weight is 398 g/mol. The highest BCUT2D eigenvalue weighted by molar-refractivity contribution is 7.89. The molecule has 3 aromatic rings. The molecule has 2 aromatic carbocycles. The van der Waals surface area contributed by atoms with E-state index in [0.717, 1.165) is 11.3 Å². The number of amides is 1. The van der Waals surface area contributed by atoms with Crippen LogP contribution in [-0.2, 0) is 21.2 Å². The maximum absolute atomic E-state index is 12.3. The van der Waals surface area contributed by atoms with Crippen LogP contribution in [0.2, 0.25) is 0 Å². The first-order valence-corrected chi connectivity index (χ1v) is 10.3. The van der Waals surface area contributed by atoms with Gasteiger partial charge in [-0.05, 0) is 55.8 Å². The second-order valence-corrected chi connectivity index (χ2v) is 8.22. The summed E-state index contributed by atoms with van der Waals surface area (Å²) >= 11 is 0. The van der Waals surface area contributed by atoms with E-state index in [0.29, 0.717) is 17.7 Å². The van der Waals surface area contributed by atoms with E-state index in [1.807, 2.05) is 36.5 Å². The first kappa shape index (κ1) is 19.8. The molecule has 1 aromatic heterocycles. The van der Waals surface area contributed by atoms with Crippen LogP contribution < -0.4 is 10.0 Å². The summed E-state index contributed by atoms with van der Waals surface area (Å²) in [6.07, 6.45) is 4.44. The number of hydrogen-bond acceptors (Lipinski definition) is 4. The zero-order valence-electron chi connectivity index (χ0n) is 15.7. The van der Waals surface area contributed by atoms with Gasteiger partial charge in [0, 0.05) is 18.3 Å². The smallest absolute Gasteiger partial charge is 0.240 e. The number of benzene rings is 2. The molecule has 0 aliphatic rings. The van der Waals surface area contributed by atoms with Crippen molar-refractivity contribution in [3.05, 3.63) is 72.1 Å². The van der Waals surface area contributed by atoms with Crippen molar-refractivity contribution < 1.29 is 13.2 Å². The summed E-state index contributed by atoms with van der Waals surface area (Å²) in [7, 11) is -2.22. The Kier molecular flexibility index (Phi) is 5.91. The fourth-order valence-electron chi connectivity index (χ4n) is 2.77. The van der Waals surface area contributed by atoms with Crippen LogP contribution >= 0.6 is 0 Å². The lowest BCUT2D eigenvalue weighted by Gasteiger charge is -2.10. The van der Waals surface area contributed by atoms with E-state index in [4.69, 9.17) is 0 Å². The fourth-order valence-corrected chi connectivity index (χ4v) is 3.76. The van der Waals surface area contributed by atoms with Gasteiger partial charge < -0.3 is 5.32 Å². The van der Waals surface area contributed by atoms with Crippen molar-refractivity contribution in [2.75, 3.05) is 12.4 Å². The molecule has 2 N–H and O–H groups in total. The molecule has 0 atom stereocenters. The third kappa shape index (κ3) is 4.65. The lowest BCUT2D eigenvalue weighted by Crippen LogP contribution is -2.20. The van der Waals surface area contributed by atoms with Gasteiger partial charge in [0.1, 0.15) is 0 Å². The molecule has 3 rings (SSSR count). The molecule has 0 bridgehead atoms. The van der Waals surface area contributed by atoms with Gasteiger partial charge in [0.05, 0.1) is 16.8 Å². The summed E-state index contributed by atoms with van der Waals surface area (Å²) < 4.78 is 28.2. The van der Waals surface area contributed by atoms with Crippen molar-refractivity contribution in [1.82, 2.24) is 14.5 Å². The van der Waals surface area contributed by atoms with Crippen LogP contribution in [0.25, 0.3) is 5.69 Å². The molecule has 7 nitrogen and oxygen atoms in total. The molecule has 146 valence electrons. The van der Waals surface area contributed by atoms with Gasteiger partial charge in [0.25, 0.3) is 0 Å². The Balaban J connectivity index is 1.62. The van der Waals surface area contributed by atoms with Crippen molar-refractivity contribution in [2.45, 2.75) is 24.7 Å². The zero-order valence-corrected chi connectivity index (χ0v) is 16.5. The van der Waals surface area contributed by atoms with E-state index >= 15 is 0 Å². The molecule has 0 unspecified atom stereocenters. The number of para-hydroxylation sites is 1. The number of carbonyl (C=O) groups is 1. The summed E-state index contributed by atoms with van der Waals surface area (Å²) in [6, 6.07) is 14.6. The minimum Gasteiger partial charge on any atom is -0.326 e. The normalized spacial score (nSPS) is 11.4. The van der Waals surface area contributed by atoms with Gasteiger partial charge in [0.2, 0.25) is 15.9 Å². The Labute approximate surface area is 164 Å². The Morgan fingerprint density at radius 3 is 2.61 bits per heavy atom. The van der Waals surface area contributed by atoms with Crippen LogP contribution in [0.15, 0.2) is 65.8 Å². The van der Waals surface area contributed by atoms with E-state index < -0.39 is 10.0 Å². The molecular weight excluding hydrogens is 376 g/mol. The van der Waals surface area contributed by atoms with Gasteiger partial charge in [-0.1, -0.05) is 24.3 Å². The monoisotopic (exact) mass is 398 g/mol. The van der Waals surface area contributed by atoms with E-state index in [9.17, 15) is 13.2 Å². The summed E-state index contributed by atoms with van der Waals surface area (Å²) in [6.45, 7) is 1.71. The third-order valence-corrected chi connectivity index (χ3v) is 5.88. The molecule has 0 saturated heterocycles. The number of nitrogens with zero attached hydrogens (tertiary/aromatic N) is 2. The SMILES string of the molecule is CNS(=O)(=O)c1cc(NC(=O)CCc2cnn(-c3ccccc3)c2)ccc1C. The Bertz CT molecular complexity index is 1080. The second-order valence-electron chi connectivity index (χ2n) is 6.36. The van der Waals surface area contributed by atoms with Gasteiger partial charge in [-0.3, -0.25) is 4.79 Å². The van der Waals surface area contributed by atoms with Crippen molar-refractivity contribution in [2.24, 2.45) is 0 Å². The number of carbonyl (C=O) groups excluding carboxylic acids is 1. The number of hydrogen-bond donors (Lipinski definition) is 2. The minimum absolute atomic E-state index is 0.150. The standard InChI is InChI=1S/C20H22N4O3S/c1-15-8-10-17(12-19(15)28(26,27)21-2)23-20(25)11-9-16-13-22-24(14-16)18-6-4-3-5-7-18/h3-8,10,12-14,21H,9,11H2,1-2H3,(H,23,25). The first-order chi connectivity index (χ1) is 13.4. The number of aromatic nitrogens is 2. The zero-order chi connectivity index (χ0) is 20.1. The van der Waals surface area contributed by atoms with Crippen molar-refractivity contribution in [3.8, 4) is 5.69 Å². The van der Waals surface area contributed by atoms with Gasteiger partial charge in [0.15, 0.2) is 0 Å². The maximum Gasteiger partial charge on any atom is 0.240 e. The lowest BCUT2D eigenvalue weighted by atomic mass is 10.2. The predicted molar refractivity (Wildman–Crippen MR) is 108 cm³/mol. The Hall–Kier alpha value is -2.97. The maximum atomic E-state index is 12.3. The molecule has 0 saturated carbocycles. The van der Waals surface area contributed by atoms with Gasteiger partial charge in [-0.15, -0.1) is 0 Å². The van der Waals surface area contributed by atoms with E-state index in [1.165, 1.54) is 13.1 Å². The molecule has 0 radical (unpaired) electrons. The largest absolute Gasteiger partial charge is 0.326 e. The Morgan fingerprint density at radius 2 is 1.89 bits per heavy atom. The minimum atomic E-state index is -3.58. The van der Waals surface area contributed by atoms with Crippen LogP contribution in [0.5, 0.6) is 0 Å². The van der Waals surface area contributed by atoms with Gasteiger partial charge in [-0.2, -0.15) is 5.10 Å². The highest BCUT2D eigenvalue weighted by Crippen LogP contribution is 2.20. The highest BCUT2D eigenvalue weighted by atomic mass is 32.2. The topological polar surface area (TPSA) is 93.1 Å². The summed E-state index contributed by atoms with van der Waals surface area (Å²) in [5, 5.41) is 7.07. The summed E-state index contributed by atoms with van der Waals surface area (Å²) in [5.74, 6) is -0.191. The molecule has 8 heteroatoms. The van der Waals surface area contributed by atoms with Gasteiger partial charge >= 0.3 is 0 Å². The molecular formula is C20H22N4O3S. The number of nitrogens with one attached hydrogen (secondary N) is 2. The van der Waals surface area contributed by atoms with E-state index in [-0.39, 0.29) is 17.2 Å². The third-order valence-electron chi connectivity index (χ3n) is 4.33. The Morgan fingerprint density at radius 1 is 1.14 bits per heavy atom. The van der Waals surface area contributed by atoms with Gasteiger partial charge in [-0.25, -0.2) is 17.8 Å².